The van der Waals surface area contributed by atoms with Crippen LogP contribution in [0.2, 0.25) is 0 Å². The third kappa shape index (κ3) is 5.73. The number of pyridine rings is 1. The molecule has 3 aromatic heterocycles. The second-order valence-electron chi connectivity index (χ2n) is 9.13. The second-order valence-corrected chi connectivity index (χ2v) is 9.13. The molecule has 3 heterocycles. The van der Waals surface area contributed by atoms with E-state index < -0.39 is 17.8 Å². The summed E-state index contributed by atoms with van der Waals surface area (Å²) in [5, 5.41) is 19.9. The second kappa shape index (κ2) is 11.6. The van der Waals surface area contributed by atoms with Crippen molar-refractivity contribution in [3.63, 3.8) is 0 Å². The Labute approximate surface area is 242 Å². The highest BCUT2D eigenvalue weighted by molar-refractivity contribution is 5.93. The number of carbonyl (C=O) groups excluding carboxylic acids is 1. The Morgan fingerprint density at radius 1 is 1.02 bits per heavy atom. The molecule has 5 aromatic rings. The minimum Gasteiger partial charge on any atom is -0.493 e. The summed E-state index contributed by atoms with van der Waals surface area (Å²) >= 11 is 0. The van der Waals surface area contributed by atoms with E-state index in [1.54, 1.807) is 40.9 Å². The van der Waals surface area contributed by atoms with Gasteiger partial charge in [-0.25, -0.2) is 0 Å². The summed E-state index contributed by atoms with van der Waals surface area (Å²) in [5.41, 5.74) is 2.45. The summed E-state index contributed by atoms with van der Waals surface area (Å²) in [4.78, 5) is 19.0. The fourth-order valence-electron chi connectivity index (χ4n) is 4.38. The van der Waals surface area contributed by atoms with Crippen LogP contribution < -0.4 is 24.8 Å². The Kier molecular flexibility index (Phi) is 7.80. The van der Waals surface area contributed by atoms with Gasteiger partial charge in [0.05, 0.1) is 38.8 Å². The van der Waals surface area contributed by atoms with Gasteiger partial charge in [0, 0.05) is 24.0 Å². The van der Waals surface area contributed by atoms with Crippen molar-refractivity contribution in [3.05, 3.63) is 83.3 Å². The highest BCUT2D eigenvalue weighted by Crippen LogP contribution is 2.43. The van der Waals surface area contributed by atoms with E-state index >= 15 is 0 Å². The van der Waals surface area contributed by atoms with E-state index in [4.69, 9.17) is 14.2 Å². The first-order valence-electron chi connectivity index (χ1n) is 12.6. The third-order valence-electron chi connectivity index (χ3n) is 6.52. The zero-order chi connectivity index (χ0) is 30.7. The van der Waals surface area contributed by atoms with Gasteiger partial charge >= 0.3 is 6.18 Å². The Balaban J connectivity index is 1.38. The van der Waals surface area contributed by atoms with Gasteiger partial charge in [-0.2, -0.15) is 28.0 Å². The summed E-state index contributed by atoms with van der Waals surface area (Å²) < 4.78 is 56.2. The van der Waals surface area contributed by atoms with Crippen LogP contribution in [0.1, 0.15) is 27.2 Å². The van der Waals surface area contributed by atoms with E-state index in [1.165, 1.54) is 27.5 Å². The summed E-state index contributed by atoms with van der Waals surface area (Å²) in [5.74, 6) is 1.28. The molecule has 0 aliphatic rings. The predicted octanol–water partition coefficient (Wildman–Crippen LogP) is 5.31. The molecule has 43 heavy (non-hydrogen) atoms. The number of carbonyl (C=O) groups is 1. The number of methoxy groups -OCH3 is 3. The van der Waals surface area contributed by atoms with Gasteiger partial charge in [-0.1, -0.05) is 12.1 Å². The van der Waals surface area contributed by atoms with Crippen LogP contribution in [0.25, 0.3) is 16.9 Å². The molecule has 0 fully saturated rings. The van der Waals surface area contributed by atoms with E-state index in [2.05, 4.69) is 31.8 Å². The van der Waals surface area contributed by atoms with E-state index in [1.807, 2.05) is 0 Å². The van der Waals surface area contributed by atoms with Crippen LogP contribution in [0.15, 0.2) is 60.9 Å². The topological polar surface area (TPSA) is 139 Å². The van der Waals surface area contributed by atoms with Crippen LogP contribution in [0.5, 0.6) is 17.2 Å². The van der Waals surface area contributed by atoms with Gasteiger partial charge in [-0.05, 0) is 42.0 Å². The number of nitriles is 1. The Hall–Kier alpha value is -5.71. The van der Waals surface area contributed by atoms with Gasteiger partial charge in [-0.3, -0.25) is 9.78 Å². The van der Waals surface area contributed by atoms with Crippen LogP contribution in [-0.4, -0.2) is 46.8 Å². The highest BCUT2D eigenvalue weighted by atomic mass is 19.4. The number of nitrogens with zero attached hydrogens (tertiary/aromatic N) is 4. The molecule has 220 valence electrons. The number of H-pyrrole nitrogens is 1. The van der Waals surface area contributed by atoms with Crippen LogP contribution in [0.4, 0.5) is 24.7 Å². The molecule has 0 aliphatic carbocycles. The molecule has 14 heteroatoms. The number of alkyl halides is 3. The summed E-state index contributed by atoms with van der Waals surface area (Å²) in [7, 11) is 4.54. The van der Waals surface area contributed by atoms with Crippen molar-refractivity contribution in [2.45, 2.75) is 12.7 Å². The summed E-state index contributed by atoms with van der Waals surface area (Å²) in [6.07, 6.45) is -2.24. The summed E-state index contributed by atoms with van der Waals surface area (Å²) in [6, 6.07) is 14.6. The molecule has 1 amide bonds. The SMILES string of the molecule is COc1cc(-c2[nH]c3c(C#N)cnn3c2Nc2ccc(CNC(=O)c3ccc(C(F)(F)F)nc3)cc2)cc(OC)c1OC. The van der Waals surface area contributed by atoms with Crippen molar-refractivity contribution in [1.29, 1.82) is 5.26 Å². The Bertz CT molecular complexity index is 1800. The average Bonchev–Trinajstić information content (AvgIpc) is 3.59. The predicted molar refractivity (Wildman–Crippen MR) is 149 cm³/mol. The van der Waals surface area contributed by atoms with Crippen LogP contribution in [0, 0.1) is 11.3 Å². The fourth-order valence-corrected chi connectivity index (χ4v) is 4.38. The molecule has 11 nitrogen and oxygen atoms in total. The van der Waals surface area contributed by atoms with Gasteiger partial charge in [0.25, 0.3) is 5.91 Å². The standard InChI is InChI=1S/C29H24F3N7O4/c1-41-21-10-18(11-22(42-2)25(21)43-3)24-27(39-26(38-24)19(12-33)15-36-39)37-20-7-4-16(5-8-20)13-35-28(40)17-6-9-23(34-14-17)29(30,31)32/h4-11,14-15,37-38H,13H2,1-3H3,(H,35,40). The lowest BCUT2D eigenvalue weighted by molar-refractivity contribution is -0.141. The van der Waals surface area contributed by atoms with Crippen molar-refractivity contribution >= 4 is 23.1 Å². The number of hydrogen-bond donors (Lipinski definition) is 3. The molecule has 5 rings (SSSR count). The number of amides is 1. The molecule has 0 aliphatic heterocycles. The normalized spacial score (nSPS) is 11.2. The van der Waals surface area contributed by atoms with Gasteiger partial charge in [-0.15, -0.1) is 0 Å². The summed E-state index contributed by atoms with van der Waals surface area (Å²) in [6.45, 7) is 0.135. The lowest BCUT2D eigenvalue weighted by Crippen LogP contribution is -2.23. The largest absolute Gasteiger partial charge is 0.493 e. The van der Waals surface area contributed by atoms with Crippen LogP contribution in [0.3, 0.4) is 0 Å². The molecule has 3 N–H and O–H groups in total. The zero-order valence-electron chi connectivity index (χ0n) is 23.0. The number of benzene rings is 2. The first-order chi connectivity index (χ1) is 20.7. The first-order valence-corrected chi connectivity index (χ1v) is 12.6. The quantitative estimate of drug-likeness (QED) is 0.210. The molecular weight excluding hydrogens is 567 g/mol. The average molecular weight is 592 g/mol. The minimum absolute atomic E-state index is 0.0121. The lowest BCUT2D eigenvalue weighted by Gasteiger charge is -2.15. The monoisotopic (exact) mass is 591 g/mol. The maximum atomic E-state index is 12.7. The lowest BCUT2D eigenvalue weighted by atomic mass is 10.1. The van der Waals surface area contributed by atoms with E-state index in [0.29, 0.717) is 51.2 Å². The number of aromatic amines is 1. The Morgan fingerprint density at radius 2 is 1.72 bits per heavy atom. The van der Waals surface area contributed by atoms with Crippen molar-refractivity contribution in [2.75, 3.05) is 26.6 Å². The fraction of sp³-hybridized carbons (Fsp3) is 0.172. The number of hydrogen-bond acceptors (Lipinski definition) is 8. The molecule has 0 bridgehead atoms. The maximum absolute atomic E-state index is 12.7. The number of nitrogens with one attached hydrogen (secondary N) is 3. The van der Waals surface area contributed by atoms with Crippen molar-refractivity contribution in [3.8, 4) is 34.6 Å². The molecule has 0 atom stereocenters. The minimum atomic E-state index is -4.58. The highest BCUT2D eigenvalue weighted by Gasteiger charge is 2.32. The van der Waals surface area contributed by atoms with Gasteiger partial charge in [0.1, 0.15) is 17.3 Å². The number of aromatic nitrogens is 4. The number of anilines is 2. The molecule has 0 unspecified atom stereocenters. The van der Waals surface area contributed by atoms with Crippen molar-refractivity contribution in [1.82, 2.24) is 24.9 Å². The molecular formula is C29H24F3N7O4. The number of fused-ring (bicyclic) bond motifs is 1. The molecule has 0 saturated carbocycles. The first kappa shape index (κ1) is 28.8. The maximum Gasteiger partial charge on any atom is 0.433 e. The van der Waals surface area contributed by atoms with Crippen LogP contribution in [-0.2, 0) is 12.7 Å². The number of halogens is 3. The van der Waals surface area contributed by atoms with Crippen molar-refractivity contribution in [2.24, 2.45) is 0 Å². The molecule has 2 aromatic carbocycles. The molecule has 0 spiro atoms. The molecule has 0 radical (unpaired) electrons. The van der Waals surface area contributed by atoms with Gasteiger partial charge < -0.3 is 29.8 Å². The third-order valence-corrected chi connectivity index (χ3v) is 6.52. The van der Waals surface area contributed by atoms with E-state index in [-0.39, 0.29) is 12.1 Å². The van der Waals surface area contributed by atoms with Crippen molar-refractivity contribution < 1.29 is 32.2 Å². The van der Waals surface area contributed by atoms with Gasteiger partial charge in [0.2, 0.25) is 5.75 Å². The number of ether oxygens (including phenoxy) is 3. The number of imidazole rings is 1. The van der Waals surface area contributed by atoms with Crippen LogP contribution >= 0.6 is 0 Å². The van der Waals surface area contributed by atoms with E-state index in [9.17, 15) is 23.2 Å². The zero-order valence-corrected chi connectivity index (χ0v) is 23.0. The molecule has 0 saturated heterocycles. The smallest absolute Gasteiger partial charge is 0.433 e. The Morgan fingerprint density at radius 3 is 2.28 bits per heavy atom. The van der Waals surface area contributed by atoms with E-state index in [0.717, 1.165) is 23.9 Å². The number of rotatable bonds is 9. The van der Waals surface area contributed by atoms with Gasteiger partial charge in [0.15, 0.2) is 23.0 Å².